The lowest BCUT2D eigenvalue weighted by Gasteiger charge is -2.28. The van der Waals surface area contributed by atoms with Crippen LogP contribution in [0.4, 0.5) is 27.9 Å². The van der Waals surface area contributed by atoms with E-state index in [2.05, 4.69) is 25.2 Å². The number of anilines is 1. The highest BCUT2D eigenvalue weighted by molar-refractivity contribution is 5.69. The van der Waals surface area contributed by atoms with Crippen LogP contribution in [-0.2, 0) is 6.18 Å². The molecule has 2 aromatic rings. The summed E-state index contributed by atoms with van der Waals surface area (Å²) in [4.78, 5) is 4.21. The van der Waals surface area contributed by atoms with E-state index in [1.807, 2.05) is 0 Å². The summed E-state index contributed by atoms with van der Waals surface area (Å²) >= 11 is 0. The standard InChI is InChI=1S/C18H19F5N4O2/c1-9-15(26-27-17(24-9)25-12-4-2-3-5-13(12)28)11-7-6-10(18(21,22)23)8-14(11)29-16(19)20/h6-8,12-13,16,28H,2-5H2,1H3,(H,24,25,27)/t12-,13-/m1/s1. The molecule has 1 fully saturated rings. The average molecular weight is 418 g/mol. The minimum atomic E-state index is -4.72. The molecule has 0 unspecified atom stereocenters. The van der Waals surface area contributed by atoms with Crippen molar-refractivity contribution in [1.82, 2.24) is 15.2 Å². The number of ether oxygens (including phenoxy) is 1. The predicted octanol–water partition coefficient (Wildman–Crippen LogP) is 4.18. The van der Waals surface area contributed by atoms with Crippen molar-refractivity contribution in [1.29, 1.82) is 0 Å². The molecule has 6 nitrogen and oxygen atoms in total. The third-order valence-corrected chi connectivity index (χ3v) is 4.69. The van der Waals surface area contributed by atoms with Crippen molar-refractivity contribution < 1.29 is 31.8 Å². The van der Waals surface area contributed by atoms with E-state index in [-0.39, 0.29) is 28.9 Å². The van der Waals surface area contributed by atoms with Gasteiger partial charge in [0.1, 0.15) is 11.4 Å². The molecule has 0 amide bonds. The third-order valence-electron chi connectivity index (χ3n) is 4.69. The zero-order valence-electron chi connectivity index (χ0n) is 15.4. The summed E-state index contributed by atoms with van der Waals surface area (Å²) in [5.74, 6) is -0.530. The maximum Gasteiger partial charge on any atom is 0.416 e. The maximum absolute atomic E-state index is 12.9. The van der Waals surface area contributed by atoms with Crippen LogP contribution in [0.3, 0.4) is 0 Å². The average Bonchev–Trinajstić information content (AvgIpc) is 2.63. The monoisotopic (exact) mass is 418 g/mol. The molecule has 1 aliphatic carbocycles. The molecule has 11 heteroatoms. The van der Waals surface area contributed by atoms with Crippen LogP contribution < -0.4 is 10.1 Å². The second kappa shape index (κ2) is 8.44. The van der Waals surface area contributed by atoms with Crippen molar-refractivity contribution in [3.05, 3.63) is 29.5 Å². The zero-order valence-corrected chi connectivity index (χ0v) is 15.4. The van der Waals surface area contributed by atoms with Crippen LogP contribution in [0, 0.1) is 6.92 Å². The van der Waals surface area contributed by atoms with E-state index in [0.717, 1.165) is 31.4 Å². The molecule has 1 saturated carbocycles. The normalized spacial score (nSPS) is 20.0. The fraction of sp³-hybridized carbons (Fsp3) is 0.500. The lowest BCUT2D eigenvalue weighted by Crippen LogP contribution is -2.37. The minimum absolute atomic E-state index is 0.0177. The lowest BCUT2D eigenvalue weighted by atomic mass is 9.93. The van der Waals surface area contributed by atoms with Crippen LogP contribution in [0.2, 0.25) is 0 Å². The van der Waals surface area contributed by atoms with Crippen LogP contribution in [-0.4, -0.2) is 39.0 Å². The zero-order chi connectivity index (χ0) is 21.2. The van der Waals surface area contributed by atoms with Gasteiger partial charge in [-0.1, -0.05) is 12.8 Å². The fourth-order valence-electron chi connectivity index (χ4n) is 3.25. The Kier molecular flexibility index (Phi) is 6.15. The molecule has 2 N–H and O–H groups in total. The van der Waals surface area contributed by atoms with Crippen LogP contribution >= 0.6 is 0 Å². The van der Waals surface area contributed by atoms with Gasteiger partial charge in [-0.25, -0.2) is 4.98 Å². The van der Waals surface area contributed by atoms with Gasteiger partial charge in [-0.15, -0.1) is 10.2 Å². The predicted molar refractivity (Wildman–Crippen MR) is 93.5 cm³/mol. The number of aliphatic hydroxyl groups excluding tert-OH is 1. The number of aromatic nitrogens is 3. The van der Waals surface area contributed by atoms with Crippen molar-refractivity contribution in [3.8, 4) is 17.0 Å². The third kappa shape index (κ3) is 5.08. The van der Waals surface area contributed by atoms with Crippen LogP contribution in [0.25, 0.3) is 11.3 Å². The summed E-state index contributed by atoms with van der Waals surface area (Å²) in [6.45, 7) is -1.79. The Labute approximate surface area is 163 Å². The first-order valence-electron chi connectivity index (χ1n) is 8.97. The van der Waals surface area contributed by atoms with Gasteiger partial charge in [0.15, 0.2) is 0 Å². The molecule has 1 aromatic heterocycles. The molecule has 0 radical (unpaired) electrons. The first-order chi connectivity index (χ1) is 13.6. The topological polar surface area (TPSA) is 80.2 Å². The minimum Gasteiger partial charge on any atom is -0.434 e. The SMILES string of the molecule is Cc1nc(N[C@@H]2CCCC[C@H]2O)nnc1-c1ccc(C(F)(F)F)cc1OC(F)F. The highest BCUT2D eigenvalue weighted by Crippen LogP contribution is 2.38. The smallest absolute Gasteiger partial charge is 0.416 e. The molecule has 3 rings (SSSR count). The van der Waals surface area contributed by atoms with Crippen molar-refractivity contribution in [3.63, 3.8) is 0 Å². The van der Waals surface area contributed by atoms with E-state index in [9.17, 15) is 27.1 Å². The molecule has 29 heavy (non-hydrogen) atoms. The number of aryl methyl sites for hydroxylation is 1. The Morgan fingerprint density at radius 2 is 1.90 bits per heavy atom. The number of nitrogens with zero attached hydrogens (tertiary/aromatic N) is 3. The van der Waals surface area contributed by atoms with Gasteiger partial charge in [-0.3, -0.25) is 0 Å². The Balaban J connectivity index is 1.91. The summed E-state index contributed by atoms with van der Waals surface area (Å²) in [5.41, 5.74) is -0.934. The number of aliphatic hydroxyl groups is 1. The van der Waals surface area contributed by atoms with Gasteiger partial charge in [0.05, 0.1) is 23.4 Å². The van der Waals surface area contributed by atoms with Gasteiger partial charge < -0.3 is 15.2 Å². The Bertz CT molecular complexity index is 863. The van der Waals surface area contributed by atoms with Crippen LogP contribution in [0.15, 0.2) is 18.2 Å². The summed E-state index contributed by atoms with van der Waals surface area (Å²) in [6.07, 6.45) is -2.00. The van der Waals surface area contributed by atoms with Crippen molar-refractivity contribution in [2.45, 2.75) is 57.5 Å². The number of alkyl halides is 5. The molecule has 1 aromatic carbocycles. The lowest BCUT2D eigenvalue weighted by molar-refractivity contribution is -0.138. The number of halogens is 5. The van der Waals surface area contributed by atoms with Gasteiger partial charge in [0.2, 0.25) is 5.95 Å². The van der Waals surface area contributed by atoms with Crippen molar-refractivity contribution in [2.24, 2.45) is 0 Å². The largest absolute Gasteiger partial charge is 0.434 e. The van der Waals surface area contributed by atoms with E-state index < -0.39 is 30.2 Å². The molecule has 0 saturated heterocycles. The summed E-state index contributed by atoms with van der Waals surface area (Å²) in [5, 5.41) is 20.8. The van der Waals surface area contributed by atoms with Crippen LogP contribution in [0.1, 0.15) is 36.9 Å². The quantitative estimate of drug-likeness (QED) is 0.709. The first-order valence-corrected chi connectivity index (χ1v) is 8.97. The van der Waals surface area contributed by atoms with E-state index in [4.69, 9.17) is 0 Å². The second-order valence-electron chi connectivity index (χ2n) is 6.76. The molecule has 0 spiro atoms. The molecular formula is C18H19F5N4O2. The molecule has 158 valence electrons. The summed E-state index contributed by atoms with van der Waals surface area (Å²) in [7, 11) is 0. The Morgan fingerprint density at radius 3 is 2.52 bits per heavy atom. The molecule has 0 aliphatic heterocycles. The van der Waals surface area contributed by atoms with Gasteiger partial charge in [-0.2, -0.15) is 22.0 Å². The molecule has 1 aliphatic rings. The summed E-state index contributed by atoms with van der Waals surface area (Å²) in [6, 6.07) is 2.00. The highest BCUT2D eigenvalue weighted by Gasteiger charge is 2.32. The Hall–Kier alpha value is -2.56. The number of benzene rings is 1. The molecule has 2 atom stereocenters. The maximum atomic E-state index is 12.9. The van der Waals surface area contributed by atoms with Gasteiger partial charge in [-0.05, 0) is 38.0 Å². The molecular weight excluding hydrogens is 399 g/mol. The number of rotatable bonds is 5. The number of hydrogen-bond donors (Lipinski definition) is 2. The van der Waals surface area contributed by atoms with E-state index >= 15 is 0 Å². The van der Waals surface area contributed by atoms with Crippen molar-refractivity contribution >= 4 is 5.95 Å². The summed E-state index contributed by atoms with van der Waals surface area (Å²) < 4.78 is 68.5. The Morgan fingerprint density at radius 1 is 1.17 bits per heavy atom. The molecule has 0 bridgehead atoms. The molecule has 1 heterocycles. The number of hydrogen-bond acceptors (Lipinski definition) is 6. The van der Waals surface area contributed by atoms with E-state index in [0.29, 0.717) is 12.5 Å². The van der Waals surface area contributed by atoms with Crippen LogP contribution in [0.5, 0.6) is 5.75 Å². The van der Waals surface area contributed by atoms with Gasteiger partial charge in [0.25, 0.3) is 0 Å². The first kappa shape index (κ1) is 21.2. The van der Waals surface area contributed by atoms with E-state index in [1.165, 1.54) is 6.92 Å². The van der Waals surface area contributed by atoms with Gasteiger partial charge in [0, 0.05) is 5.56 Å². The number of nitrogens with one attached hydrogen (secondary N) is 1. The van der Waals surface area contributed by atoms with Gasteiger partial charge >= 0.3 is 12.8 Å². The van der Waals surface area contributed by atoms with E-state index in [1.54, 1.807) is 0 Å². The fourth-order valence-corrected chi connectivity index (χ4v) is 3.25. The van der Waals surface area contributed by atoms with Crippen molar-refractivity contribution in [2.75, 3.05) is 5.32 Å². The highest BCUT2D eigenvalue weighted by atomic mass is 19.4. The second-order valence-corrected chi connectivity index (χ2v) is 6.76.